The van der Waals surface area contributed by atoms with Crippen molar-refractivity contribution in [2.24, 2.45) is 0 Å². The average molecular weight is 454 g/mol. The number of carbonyl (C=O) groups is 1. The highest BCUT2D eigenvalue weighted by atomic mass is 32.2. The predicted octanol–water partition coefficient (Wildman–Crippen LogP) is 3.23. The quantitative estimate of drug-likeness (QED) is 0.482. The molecule has 0 saturated carbocycles. The van der Waals surface area contributed by atoms with Gasteiger partial charge in [-0.1, -0.05) is 30.3 Å². The molecule has 0 spiro atoms. The van der Waals surface area contributed by atoms with Crippen LogP contribution in [0.25, 0.3) is 6.08 Å². The molecule has 0 radical (unpaired) electrons. The van der Waals surface area contributed by atoms with E-state index in [1.165, 1.54) is 32.4 Å². The molecule has 1 heterocycles. The third-order valence-corrected chi connectivity index (χ3v) is 5.85. The summed E-state index contributed by atoms with van der Waals surface area (Å²) in [5.41, 5.74) is 1.78. The highest BCUT2D eigenvalue weighted by Crippen LogP contribution is 2.26. The van der Waals surface area contributed by atoms with E-state index >= 15 is 0 Å². The monoisotopic (exact) mass is 453 g/mol. The molecule has 2 N–H and O–H groups in total. The summed E-state index contributed by atoms with van der Waals surface area (Å²) in [7, 11) is -0.804. The smallest absolute Gasteiger partial charge is 0.262 e. The van der Waals surface area contributed by atoms with Crippen molar-refractivity contribution in [1.29, 1.82) is 0 Å². The zero-order chi connectivity index (χ0) is 23.0. The SMILES string of the molecule is COc1ccccc1NS(=O)(=O)c1ccc(/C=C/C(=O)NCc2cccnc2OC)cc1. The number of methoxy groups -OCH3 is 2. The maximum absolute atomic E-state index is 12.7. The van der Waals surface area contributed by atoms with E-state index in [4.69, 9.17) is 9.47 Å². The van der Waals surface area contributed by atoms with Crippen molar-refractivity contribution in [1.82, 2.24) is 10.3 Å². The molecule has 0 fully saturated rings. The van der Waals surface area contributed by atoms with E-state index in [-0.39, 0.29) is 17.3 Å². The number of benzene rings is 2. The molecule has 3 rings (SSSR count). The van der Waals surface area contributed by atoms with Crippen LogP contribution in [0.2, 0.25) is 0 Å². The van der Waals surface area contributed by atoms with Gasteiger partial charge in [-0.15, -0.1) is 0 Å². The number of rotatable bonds is 9. The van der Waals surface area contributed by atoms with Crippen molar-refractivity contribution < 1.29 is 22.7 Å². The summed E-state index contributed by atoms with van der Waals surface area (Å²) in [4.78, 5) is 16.3. The molecule has 0 bridgehead atoms. The Bertz CT molecular complexity index is 1210. The topological polar surface area (TPSA) is 107 Å². The van der Waals surface area contributed by atoms with Crippen LogP contribution >= 0.6 is 0 Å². The molecule has 2 aromatic carbocycles. The van der Waals surface area contributed by atoms with E-state index in [2.05, 4.69) is 15.0 Å². The van der Waals surface area contributed by atoms with Crippen molar-refractivity contribution >= 4 is 27.7 Å². The highest BCUT2D eigenvalue weighted by Gasteiger charge is 2.16. The van der Waals surface area contributed by atoms with Gasteiger partial charge in [-0.3, -0.25) is 9.52 Å². The normalized spacial score (nSPS) is 11.2. The Labute approximate surface area is 187 Å². The number of ether oxygens (including phenoxy) is 2. The third-order valence-electron chi connectivity index (χ3n) is 4.47. The van der Waals surface area contributed by atoms with Crippen molar-refractivity contribution in [2.45, 2.75) is 11.4 Å². The molecular weight excluding hydrogens is 430 g/mol. The van der Waals surface area contributed by atoms with E-state index in [1.807, 2.05) is 6.07 Å². The summed E-state index contributed by atoms with van der Waals surface area (Å²) in [6, 6.07) is 16.5. The van der Waals surface area contributed by atoms with Gasteiger partial charge >= 0.3 is 0 Å². The molecule has 3 aromatic rings. The molecule has 32 heavy (non-hydrogen) atoms. The molecule has 0 saturated heterocycles. The molecule has 9 heteroatoms. The van der Waals surface area contributed by atoms with Crippen molar-refractivity contribution in [2.75, 3.05) is 18.9 Å². The van der Waals surface area contributed by atoms with Gasteiger partial charge in [0.25, 0.3) is 10.0 Å². The van der Waals surface area contributed by atoms with Crippen LogP contribution < -0.4 is 19.5 Å². The summed E-state index contributed by atoms with van der Waals surface area (Å²) in [6.07, 6.45) is 4.58. The van der Waals surface area contributed by atoms with E-state index in [0.717, 1.165) is 5.56 Å². The van der Waals surface area contributed by atoms with Gasteiger partial charge in [0.15, 0.2) is 0 Å². The molecule has 0 atom stereocenters. The predicted molar refractivity (Wildman–Crippen MR) is 122 cm³/mol. The van der Waals surface area contributed by atoms with Crippen LogP contribution in [0.3, 0.4) is 0 Å². The number of para-hydroxylation sites is 2. The van der Waals surface area contributed by atoms with Gasteiger partial charge in [-0.25, -0.2) is 13.4 Å². The van der Waals surface area contributed by atoms with Crippen LogP contribution in [0.15, 0.2) is 77.8 Å². The fourth-order valence-corrected chi connectivity index (χ4v) is 3.92. The minimum absolute atomic E-state index is 0.0914. The largest absolute Gasteiger partial charge is 0.495 e. The maximum Gasteiger partial charge on any atom is 0.262 e. The van der Waals surface area contributed by atoms with E-state index in [1.54, 1.807) is 54.7 Å². The van der Waals surface area contributed by atoms with Crippen LogP contribution in [0.5, 0.6) is 11.6 Å². The number of amides is 1. The Kier molecular flexibility index (Phi) is 7.45. The van der Waals surface area contributed by atoms with Gasteiger partial charge < -0.3 is 14.8 Å². The number of sulfonamides is 1. The molecule has 8 nitrogen and oxygen atoms in total. The van der Waals surface area contributed by atoms with Crippen LogP contribution in [-0.2, 0) is 21.4 Å². The first kappa shape index (κ1) is 22.8. The second-order valence-electron chi connectivity index (χ2n) is 6.60. The summed E-state index contributed by atoms with van der Waals surface area (Å²) in [6.45, 7) is 0.270. The summed E-state index contributed by atoms with van der Waals surface area (Å²) in [5, 5.41) is 2.75. The molecule has 0 unspecified atom stereocenters. The summed E-state index contributed by atoms with van der Waals surface area (Å²) < 4.78 is 38.2. The fraction of sp³-hybridized carbons (Fsp3) is 0.130. The molecule has 0 aliphatic carbocycles. The van der Waals surface area contributed by atoms with Crippen LogP contribution in [-0.4, -0.2) is 33.5 Å². The maximum atomic E-state index is 12.7. The highest BCUT2D eigenvalue weighted by molar-refractivity contribution is 7.92. The Morgan fingerprint density at radius 1 is 1.00 bits per heavy atom. The Morgan fingerprint density at radius 3 is 2.47 bits per heavy atom. The lowest BCUT2D eigenvalue weighted by molar-refractivity contribution is -0.116. The third kappa shape index (κ3) is 5.86. The van der Waals surface area contributed by atoms with Gasteiger partial charge in [0.05, 0.1) is 24.8 Å². The zero-order valence-corrected chi connectivity index (χ0v) is 18.4. The Morgan fingerprint density at radius 2 is 1.75 bits per heavy atom. The summed E-state index contributed by atoms with van der Waals surface area (Å²) >= 11 is 0. The van der Waals surface area contributed by atoms with Gasteiger partial charge in [0.2, 0.25) is 11.8 Å². The molecule has 1 amide bonds. The van der Waals surface area contributed by atoms with Gasteiger partial charge in [-0.05, 0) is 42.0 Å². The average Bonchev–Trinajstić information content (AvgIpc) is 2.82. The van der Waals surface area contributed by atoms with E-state index in [0.29, 0.717) is 22.9 Å². The second kappa shape index (κ2) is 10.5. The first-order valence-electron chi connectivity index (χ1n) is 9.62. The van der Waals surface area contributed by atoms with E-state index in [9.17, 15) is 13.2 Å². The van der Waals surface area contributed by atoms with Crippen LogP contribution in [0.1, 0.15) is 11.1 Å². The van der Waals surface area contributed by atoms with Gasteiger partial charge in [0, 0.05) is 24.4 Å². The molecule has 1 aromatic heterocycles. The van der Waals surface area contributed by atoms with Crippen LogP contribution in [0.4, 0.5) is 5.69 Å². The molecule has 166 valence electrons. The number of nitrogens with one attached hydrogen (secondary N) is 2. The van der Waals surface area contributed by atoms with Crippen molar-refractivity contribution in [3.05, 3.63) is 84.1 Å². The number of carbonyl (C=O) groups excluding carboxylic acids is 1. The zero-order valence-electron chi connectivity index (χ0n) is 17.6. The lowest BCUT2D eigenvalue weighted by atomic mass is 10.2. The Hall–Kier alpha value is -3.85. The minimum Gasteiger partial charge on any atom is -0.495 e. The van der Waals surface area contributed by atoms with Gasteiger partial charge in [-0.2, -0.15) is 0 Å². The number of aromatic nitrogens is 1. The van der Waals surface area contributed by atoms with Crippen molar-refractivity contribution in [3.8, 4) is 11.6 Å². The lowest BCUT2D eigenvalue weighted by Gasteiger charge is -2.11. The Balaban J connectivity index is 1.62. The van der Waals surface area contributed by atoms with Crippen LogP contribution in [0, 0.1) is 0 Å². The number of nitrogens with zero attached hydrogens (tertiary/aromatic N) is 1. The molecule has 0 aliphatic rings. The second-order valence-corrected chi connectivity index (χ2v) is 8.28. The van der Waals surface area contributed by atoms with Crippen molar-refractivity contribution in [3.63, 3.8) is 0 Å². The first-order chi connectivity index (χ1) is 15.4. The summed E-state index contributed by atoms with van der Waals surface area (Å²) in [5.74, 6) is 0.575. The fourth-order valence-electron chi connectivity index (χ4n) is 2.85. The van der Waals surface area contributed by atoms with Gasteiger partial charge in [0.1, 0.15) is 5.75 Å². The minimum atomic E-state index is -3.79. The first-order valence-corrected chi connectivity index (χ1v) is 11.1. The molecular formula is C23H23N3O5S. The standard InChI is InChI=1S/C23H23N3O5S/c1-30-21-8-4-3-7-20(21)26-32(28,29)19-12-9-17(10-13-19)11-14-22(27)25-16-18-6-5-15-24-23(18)31-2/h3-15,26H,16H2,1-2H3,(H,25,27)/b14-11+. The number of hydrogen-bond acceptors (Lipinski definition) is 6. The van der Waals surface area contributed by atoms with E-state index < -0.39 is 10.0 Å². The number of hydrogen-bond donors (Lipinski definition) is 2. The number of pyridine rings is 1. The number of anilines is 1. The molecule has 0 aliphatic heterocycles. The lowest BCUT2D eigenvalue weighted by Crippen LogP contribution is -2.20.